The van der Waals surface area contributed by atoms with Crippen LogP contribution in [0.5, 0.6) is 5.75 Å². The first-order valence-electron chi connectivity index (χ1n) is 8.15. The number of amides is 2. The van der Waals surface area contributed by atoms with E-state index < -0.39 is 0 Å². The molecular weight excluding hydrogens is 306 g/mol. The topological polar surface area (TPSA) is 72.3 Å². The molecule has 1 saturated heterocycles. The number of nitrogens with zero attached hydrogens (tertiary/aromatic N) is 4. The Morgan fingerprint density at radius 2 is 2.29 bits per heavy atom. The Hall–Kier alpha value is -2.57. The molecule has 0 radical (unpaired) electrons. The van der Waals surface area contributed by atoms with Crippen LogP contribution < -0.4 is 10.1 Å². The van der Waals surface area contributed by atoms with Crippen LogP contribution in [0.3, 0.4) is 0 Å². The molecule has 2 atom stereocenters. The maximum Gasteiger partial charge on any atom is 0.318 e. The minimum absolute atomic E-state index is 0.0733. The molecule has 0 saturated carbocycles. The van der Waals surface area contributed by atoms with Crippen molar-refractivity contribution in [1.29, 1.82) is 0 Å². The number of aryl methyl sites for hydroxylation is 1. The number of methoxy groups -OCH3 is 1. The van der Waals surface area contributed by atoms with Crippen LogP contribution in [0.1, 0.15) is 43.2 Å². The number of rotatable bonds is 4. The summed E-state index contributed by atoms with van der Waals surface area (Å²) in [7, 11) is 3.52. The molecule has 7 nitrogen and oxygen atoms in total. The summed E-state index contributed by atoms with van der Waals surface area (Å²) < 4.78 is 7.11. The van der Waals surface area contributed by atoms with E-state index in [1.54, 1.807) is 13.4 Å². The summed E-state index contributed by atoms with van der Waals surface area (Å²) in [6, 6.07) is 7.73. The Morgan fingerprint density at radius 1 is 1.46 bits per heavy atom. The summed E-state index contributed by atoms with van der Waals surface area (Å²) in [5.41, 5.74) is 1.10. The maximum absolute atomic E-state index is 12.7. The van der Waals surface area contributed by atoms with Gasteiger partial charge >= 0.3 is 6.03 Å². The normalized spacial score (nSPS) is 18.5. The SMILES string of the molecule is COc1cccc([C@H]2CCCN2C(=O)N[C@@H](C)c2nncn2C)c1. The van der Waals surface area contributed by atoms with Gasteiger partial charge in [0.1, 0.15) is 12.1 Å². The molecule has 7 heteroatoms. The molecule has 1 aliphatic heterocycles. The van der Waals surface area contributed by atoms with Crippen molar-refractivity contribution in [2.24, 2.45) is 7.05 Å². The van der Waals surface area contributed by atoms with Gasteiger partial charge in [0, 0.05) is 13.6 Å². The number of aromatic nitrogens is 3. The van der Waals surface area contributed by atoms with Crippen LogP contribution in [-0.4, -0.2) is 39.4 Å². The van der Waals surface area contributed by atoms with Crippen molar-refractivity contribution in [3.05, 3.63) is 42.0 Å². The van der Waals surface area contributed by atoms with E-state index in [0.717, 1.165) is 36.5 Å². The van der Waals surface area contributed by atoms with E-state index in [1.807, 2.05) is 47.7 Å². The van der Waals surface area contributed by atoms with Crippen LogP contribution in [0, 0.1) is 0 Å². The summed E-state index contributed by atoms with van der Waals surface area (Å²) in [5, 5.41) is 10.9. The van der Waals surface area contributed by atoms with Crippen molar-refractivity contribution in [3.8, 4) is 5.75 Å². The van der Waals surface area contributed by atoms with Crippen molar-refractivity contribution in [1.82, 2.24) is 25.0 Å². The van der Waals surface area contributed by atoms with Gasteiger partial charge in [0.15, 0.2) is 5.82 Å². The monoisotopic (exact) mass is 329 g/mol. The molecule has 1 fully saturated rings. The van der Waals surface area contributed by atoms with E-state index >= 15 is 0 Å². The summed E-state index contributed by atoms with van der Waals surface area (Å²) in [6.45, 7) is 2.66. The molecule has 2 amide bonds. The average molecular weight is 329 g/mol. The standard InChI is InChI=1S/C17H23N5O2/c1-12(16-20-18-11-21(16)2)19-17(23)22-9-5-8-15(22)13-6-4-7-14(10-13)24-3/h4,6-7,10-12,15H,5,8-9H2,1-3H3,(H,19,23)/t12-,15+/m0/s1. The van der Waals surface area contributed by atoms with Gasteiger partial charge in [-0.2, -0.15) is 0 Å². The molecule has 2 heterocycles. The fourth-order valence-electron chi connectivity index (χ4n) is 3.22. The molecule has 0 aliphatic carbocycles. The van der Waals surface area contributed by atoms with Gasteiger partial charge < -0.3 is 19.5 Å². The van der Waals surface area contributed by atoms with Crippen LogP contribution in [0.15, 0.2) is 30.6 Å². The number of hydrogen-bond acceptors (Lipinski definition) is 4. The molecule has 0 unspecified atom stereocenters. The van der Waals surface area contributed by atoms with Gasteiger partial charge in [-0.25, -0.2) is 4.79 Å². The lowest BCUT2D eigenvalue weighted by Crippen LogP contribution is -2.41. The minimum atomic E-state index is -0.198. The molecule has 2 aromatic rings. The van der Waals surface area contributed by atoms with Gasteiger partial charge in [0.25, 0.3) is 0 Å². The third kappa shape index (κ3) is 3.20. The van der Waals surface area contributed by atoms with Gasteiger partial charge in [-0.1, -0.05) is 12.1 Å². The number of nitrogens with one attached hydrogen (secondary N) is 1. The first kappa shape index (κ1) is 16.3. The quantitative estimate of drug-likeness (QED) is 0.935. The predicted molar refractivity (Wildman–Crippen MR) is 89.6 cm³/mol. The predicted octanol–water partition coefficient (Wildman–Crippen LogP) is 2.43. The first-order chi connectivity index (χ1) is 11.6. The molecule has 1 aromatic heterocycles. The lowest BCUT2D eigenvalue weighted by molar-refractivity contribution is 0.189. The summed E-state index contributed by atoms with van der Waals surface area (Å²) in [6.07, 6.45) is 3.58. The number of carbonyl (C=O) groups excluding carboxylic acids is 1. The second kappa shape index (κ2) is 6.90. The minimum Gasteiger partial charge on any atom is -0.497 e. The Balaban J connectivity index is 1.72. The smallest absolute Gasteiger partial charge is 0.318 e. The molecule has 3 rings (SSSR count). The summed E-state index contributed by atoms with van der Waals surface area (Å²) >= 11 is 0. The van der Waals surface area contributed by atoms with E-state index in [0.29, 0.717) is 0 Å². The van der Waals surface area contributed by atoms with Crippen molar-refractivity contribution in [2.45, 2.75) is 31.8 Å². The Kier molecular flexibility index (Phi) is 4.69. The van der Waals surface area contributed by atoms with Gasteiger partial charge in [-0.05, 0) is 37.5 Å². The number of likely N-dealkylation sites (tertiary alicyclic amines) is 1. The van der Waals surface area contributed by atoms with E-state index in [-0.39, 0.29) is 18.1 Å². The molecule has 24 heavy (non-hydrogen) atoms. The van der Waals surface area contributed by atoms with Crippen LogP contribution in [-0.2, 0) is 7.05 Å². The highest BCUT2D eigenvalue weighted by Gasteiger charge is 2.31. The van der Waals surface area contributed by atoms with Crippen molar-refractivity contribution in [2.75, 3.05) is 13.7 Å². The Morgan fingerprint density at radius 3 is 3.00 bits per heavy atom. The number of carbonyl (C=O) groups is 1. The van der Waals surface area contributed by atoms with Crippen molar-refractivity contribution < 1.29 is 9.53 Å². The van der Waals surface area contributed by atoms with E-state index in [4.69, 9.17) is 4.74 Å². The summed E-state index contributed by atoms with van der Waals surface area (Å²) in [5.74, 6) is 1.55. The second-order valence-electron chi connectivity index (χ2n) is 6.10. The highest BCUT2D eigenvalue weighted by Crippen LogP contribution is 2.33. The third-order valence-electron chi connectivity index (χ3n) is 4.47. The average Bonchev–Trinajstić information content (AvgIpc) is 3.23. The van der Waals surface area contributed by atoms with Crippen molar-refractivity contribution >= 4 is 6.03 Å². The first-order valence-corrected chi connectivity index (χ1v) is 8.15. The van der Waals surface area contributed by atoms with Crippen LogP contribution in [0.2, 0.25) is 0 Å². The highest BCUT2D eigenvalue weighted by molar-refractivity contribution is 5.75. The number of hydrogen-bond donors (Lipinski definition) is 1. The van der Waals surface area contributed by atoms with E-state index in [9.17, 15) is 4.79 Å². The number of urea groups is 1. The number of benzene rings is 1. The Bertz CT molecular complexity index is 715. The fourth-order valence-corrected chi connectivity index (χ4v) is 3.22. The molecule has 1 aromatic carbocycles. The zero-order valence-corrected chi connectivity index (χ0v) is 14.3. The second-order valence-corrected chi connectivity index (χ2v) is 6.10. The molecular formula is C17H23N5O2. The van der Waals surface area contributed by atoms with Gasteiger partial charge in [0.05, 0.1) is 19.2 Å². The molecule has 128 valence electrons. The van der Waals surface area contributed by atoms with Gasteiger partial charge in [-0.3, -0.25) is 0 Å². The molecule has 1 N–H and O–H groups in total. The van der Waals surface area contributed by atoms with E-state index in [2.05, 4.69) is 15.5 Å². The molecule has 0 bridgehead atoms. The largest absolute Gasteiger partial charge is 0.497 e. The lowest BCUT2D eigenvalue weighted by atomic mass is 10.0. The zero-order chi connectivity index (χ0) is 17.1. The zero-order valence-electron chi connectivity index (χ0n) is 14.3. The Labute approximate surface area is 141 Å². The van der Waals surface area contributed by atoms with Crippen LogP contribution in [0.4, 0.5) is 4.79 Å². The van der Waals surface area contributed by atoms with Gasteiger partial charge in [-0.15, -0.1) is 10.2 Å². The molecule has 0 spiro atoms. The van der Waals surface area contributed by atoms with Gasteiger partial charge in [0.2, 0.25) is 0 Å². The highest BCUT2D eigenvalue weighted by atomic mass is 16.5. The number of ether oxygens (including phenoxy) is 1. The van der Waals surface area contributed by atoms with Crippen molar-refractivity contribution in [3.63, 3.8) is 0 Å². The maximum atomic E-state index is 12.7. The van der Waals surface area contributed by atoms with Crippen LogP contribution >= 0.6 is 0 Å². The van der Waals surface area contributed by atoms with E-state index in [1.165, 1.54) is 0 Å². The lowest BCUT2D eigenvalue weighted by Gasteiger charge is -2.27. The van der Waals surface area contributed by atoms with Crippen LogP contribution in [0.25, 0.3) is 0 Å². The summed E-state index contributed by atoms with van der Waals surface area (Å²) in [4.78, 5) is 14.6. The fraction of sp³-hybridized carbons (Fsp3) is 0.471. The molecule has 1 aliphatic rings. The third-order valence-corrected chi connectivity index (χ3v) is 4.47.